The molecule has 0 aliphatic heterocycles. The first-order chi connectivity index (χ1) is 8.26. The van der Waals surface area contributed by atoms with Crippen LogP contribution < -0.4 is 5.63 Å². The molecule has 0 saturated carbocycles. The zero-order valence-corrected chi connectivity index (χ0v) is 9.82. The van der Waals surface area contributed by atoms with Crippen molar-refractivity contribution < 1.29 is 4.42 Å². The van der Waals surface area contributed by atoms with E-state index in [1.165, 1.54) is 11.8 Å². The normalized spacial score (nSPS) is 9.88. The Morgan fingerprint density at radius 1 is 1.53 bits per heavy atom. The van der Waals surface area contributed by atoms with Gasteiger partial charge in [-0.3, -0.25) is 4.98 Å². The highest BCUT2D eigenvalue weighted by molar-refractivity contribution is 7.98. The van der Waals surface area contributed by atoms with Crippen LogP contribution in [0.4, 0.5) is 0 Å². The van der Waals surface area contributed by atoms with Gasteiger partial charge in [0.2, 0.25) is 0 Å². The summed E-state index contributed by atoms with van der Waals surface area (Å²) in [5.41, 5.74) is 0.146. The standard InChI is InChI=1S/C12H8N2O2S/c1-17-11-5-10(8-3-2-4-14-7-8)16-12(15)9(11)6-13/h2-5,7H,1H3. The van der Waals surface area contributed by atoms with Gasteiger partial charge in [0.15, 0.2) is 5.56 Å². The molecule has 0 bridgehead atoms. The molecule has 0 spiro atoms. The summed E-state index contributed by atoms with van der Waals surface area (Å²) in [5.74, 6) is 0.423. The first kappa shape index (κ1) is 11.4. The van der Waals surface area contributed by atoms with Gasteiger partial charge in [0.1, 0.15) is 11.8 Å². The van der Waals surface area contributed by atoms with E-state index in [-0.39, 0.29) is 5.56 Å². The molecule has 2 aromatic heterocycles. The Kier molecular flexibility index (Phi) is 3.26. The number of nitriles is 1. The monoisotopic (exact) mass is 244 g/mol. The number of hydrogen-bond donors (Lipinski definition) is 0. The Bertz CT molecular complexity index is 629. The molecule has 0 fully saturated rings. The molecule has 0 aromatic carbocycles. The van der Waals surface area contributed by atoms with Crippen LogP contribution in [0.1, 0.15) is 5.56 Å². The van der Waals surface area contributed by atoms with E-state index in [0.29, 0.717) is 16.2 Å². The van der Waals surface area contributed by atoms with Gasteiger partial charge in [-0.05, 0) is 24.5 Å². The van der Waals surface area contributed by atoms with Crippen molar-refractivity contribution in [1.82, 2.24) is 4.98 Å². The van der Waals surface area contributed by atoms with Crippen LogP contribution in [0.3, 0.4) is 0 Å². The Hall–Kier alpha value is -2.06. The van der Waals surface area contributed by atoms with E-state index in [1.807, 2.05) is 12.3 Å². The summed E-state index contributed by atoms with van der Waals surface area (Å²) in [4.78, 5) is 16.2. The van der Waals surface area contributed by atoms with Gasteiger partial charge >= 0.3 is 5.63 Å². The van der Waals surface area contributed by atoms with Crippen LogP contribution >= 0.6 is 11.8 Å². The highest BCUT2D eigenvalue weighted by Gasteiger charge is 2.11. The lowest BCUT2D eigenvalue weighted by atomic mass is 10.2. The Labute approximate surface area is 102 Å². The summed E-state index contributed by atoms with van der Waals surface area (Å²) in [5, 5.41) is 8.86. The van der Waals surface area contributed by atoms with Crippen molar-refractivity contribution in [3.8, 4) is 17.4 Å². The molecule has 0 N–H and O–H groups in total. The van der Waals surface area contributed by atoms with E-state index in [2.05, 4.69) is 4.98 Å². The lowest BCUT2D eigenvalue weighted by Crippen LogP contribution is -2.06. The van der Waals surface area contributed by atoms with Gasteiger partial charge in [-0.25, -0.2) is 4.79 Å². The maximum absolute atomic E-state index is 11.6. The van der Waals surface area contributed by atoms with Gasteiger partial charge in [-0.15, -0.1) is 11.8 Å². The highest BCUT2D eigenvalue weighted by atomic mass is 32.2. The molecule has 0 atom stereocenters. The van der Waals surface area contributed by atoms with Crippen molar-refractivity contribution in [3.05, 3.63) is 46.6 Å². The third-order valence-electron chi connectivity index (χ3n) is 2.19. The molecule has 5 heteroatoms. The fourth-order valence-electron chi connectivity index (χ4n) is 1.38. The van der Waals surface area contributed by atoms with Crippen LogP contribution in [0.2, 0.25) is 0 Å². The topological polar surface area (TPSA) is 66.9 Å². The Balaban J connectivity index is 2.64. The second kappa shape index (κ2) is 4.85. The van der Waals surface area contributed by atoms with Gasteiger partial charge in [0.05, 0.1) is 0 Å². The molecule has 4 nitrogen and oxygen atoms in total. The van der Waals surface area contributed by atoms with Gasteiger partial charge in [-0.2, -0.15) is 5.26 Å². The first-order valence-corrected chi connectivity index (χ1v) is 6.01. The summed E-state index contributed by atoms with van der Waals surface area (Å²) in [6, 6.07) is 7.08. The Morgan fingerprint density at radius 2 is 2.35 bits per heavy atom. The minimum Gasteiger partial charge on any atom is -0.422 e. The lowest BCUT2D eigenvalue weighted by molar-refractivity contribution is 0.518. The molecule has 2 aromatic rings. The van der Waals surface area contributed by atoms with Crippen LogP contribution in [0, 0.1) is 11.3 Å². The number of thioether (sulfide) groups is 1. The predicted octanol–water partition coefficient (Wildman–Crippen LogP) is 2.30. The quantitative estimate of drug-likeness (QED) is 0.758. The summed E-state index contributed by atoms with van der Waals surface area (Å²) in [7, 11) is 0. The maximum atomic E-state index is 11.6. The molecule has 0 aliphatic carbocycles. The molecular formula is C12H8N2O2S. The van der Waals surface area contributed by atoms with Gasteiger partial charge in [0.25, 0.3) is 0 Å². The molecule has 0 amide bonds. The van der Waals surface area contributed by atoms with E-state index in [9.17, 15) is 4.79 Å². The van der Waals surface area contributed by atoms with Crippen LogP contribution in [0.25, 0.3) is 11.3 Å². The first-order valence-electron chi connectivity index (χ1n) is 4.79. The maximum Gasteiger partial charge on any atom is 0.355 e. The zero-order valence-electron chi connectivity index (χ0n) is 9.01. The largest absolute Gasteiger partial charge is 0.422 e. The minimum absolute atomic E-state index is 0.0464. The summed E-state index contributed by atoms with van der Waals surface area (Å²) >= 11 is 1.34. The number of nitrogens with zero attached hydrogens (tertiary/aromatic N) is 2. The van der Waals surface area contributed by atoms with Crippen molar-refractivity contribution >= 4 is 11.8 Å². The number of rotatable bonds is 2. The van der Waals surface area contributed by atoms with E-state index in [1.54, 1.807) is 30.6 Å². The average Bonchev–Trinajstić information content (AvgIpc) is 2.38. The SMILES string of the molecule is CSc1cc(-c2cccnc2)oc(=O)c1C#N. The summed E-state index contributed by atoms with van der Waals surface area (Å²) in [6.45, 7) is 0. The predicted molar refractivity (Wildman–Crippen MR) is 64.7 cm³/mol. The van der Waals surface area contributed by atoms with E-state index in [0.717, 1.165) is 0 Å². The highest BCUT2D eigenvalue weighted by Crippen LogP contribution is 2.24. The third-order valence-corrected chi connectivity index (χ3v) is 2.95. The van der Waals surface area contributed by atoms with Crippen LogP contribution in [-0.2, 0) is 0 Å². The summed E-state index contributed by atoms with van der Waals surface area (Å²) in [6.07, 6.45) is 5.05. The van der Waals surface area contributed by atoms with E-state index in [4.69, 9.17) is 9.68 Å². The smallest absolute Gasteiger partial charge is 0.355 e. The molecule has 84 valence electrons. The van der Waals surface area contributed by atoms with Crippen LogP contribution in [0.5, 0.6) is 0 Å². The second-order valence-corrected chi connectivity index (χ2v) is 4.04. The molecule has 17 heavy (non-hydrogen) atoms. The molecule has 2 rings (SSSR count). The van der Waals surface area contributed by atoms with Crippen molar-refractivity contribution in [2.75, 3.05) is 6.26 Å². The number of pyridine rings is 1. The van der Waals surface area contributed by atoms with Gasteiger partial charge < -0.3 is 4.42 Å². The zero-order chi connectivity index (χ0) is 12.3. The lowest BCUT2D eigenvalue weighted by Gasteiger charge is -2.03. The van der Waals surface area contributed by atoms with Crippen molar-refractivity contribution in [2.45, 2.75) is 4.90 Å². The molecular weight excluding hydrogens is 236 g/mol. The minimum atomic E-state index is -0.613. The average molecular weight is 244 g/mol. The molecule has 0 radical (unpaired) electrons. The van der Waals surface area contributed by atoms with Crippen LogP contribution in [-0.4, -0.2) is 11.2 Å². The molecule has 2 heterocycles. The third kappa shape index (κ3) is 2.22. The van der Waals surface area contributed by atoms with Gasteiger partial charge in [-0.1, -0.05) is 0 Å². The van der Waals surface area contributed by atoms with Gasteiger partial charge in [0, 0.05) is 22.9 Å². The number of aromatic nitrogens is 1. The second-order valence-electron chi connectivity index (χ2n) is 3.19. The van der Waals surface area contributed by atoms with E-state index < -0.39 is 5.63 Å². The fourth-order valence-corrected chi connectivity index (χ4v) is 1.94. The van der Waals surface area contributed by atoms with E-state index >= 15 is 0 Å². The number of hydrogen-bond acceptors (Lipinski definition) is 5. The Morgan fingerprint density at radius 3 is 2.94 bits per heavy atom. The molecule has 0 aliphatic rings. The van der Waals surface area contributed by atoms with Crippen molar-refractivity contribution in [1.29, 1.82) is 5.26 Å². The van der Waals surface area contributed by atoms with Crippen molar-refractivity contribution in [2.24, 2.45) is 0 Å². The summed E-state index contributed by atoms with van der Waals surface area (Å²) < 4.78 is 5.10. The molecule has 0 unspecified atom stereocenters. The van der Waals surface area contributed by atoms with Crippen molar-refractivity contribution in [3.63, 3.8) is 0 Å². The fraction of sp³-hybridized carbons (Fsp3) is 0.0833. The molecule has 0 saturated heterocycles. The van der Waals surface area contributed by atoms with Crippen LogP contribution in [0.15, 0.2) is 44.7 Å².